The van der Waals surface area contributed by atoms with E-state index in [4.69, 9.17) is 5.73 Å². The first-order valence-electron chi connectivity index (χ1n) is 4.51. The Morgan fingerprint density at radius 1 is 1.25 bits per heavy atom. The molecular formula is C11H9F4N. The number of benzene rings is 1. The van der Waals surface area contributed by atoms with Gasteiger partial charge < -0.3 is 5.73 Å². The highest BCUT2D eigenvalue weighted by Crippen LogP contribution is 2.31. The van der Waals surface area contributed by atoms with Gasteiger partial charge in [-0.15, -0.1) is 0 Å². The number of nitrogens with two attached hydrogens (primary N) is 1. The van der Waals surface area contributed by atoms with Gasteiger partial charge in [-0.05, 0) is 18.2 Å². The van der Waals surface area contributed by atoms with E-state index in [0.717, 1.165) is 6.07 Å². The van der Waals surface area contributed by atoms with Crippen molar-refractivity contribution in [3.8, 4) is 11.8 Å². The molecule has 5 heteroatoms. The van der Waals surface area contributed by atoms with Crippen LogP contribution in [0.2, 0.25) is 0 Å². The molecule has 0 aromatic heterocycles. The molecule has 0 radical (unpaired) electrons. The summed E-state index contributed by atoms with van der Waals surface area (Å²) < 4.78 is 49.8. The Morgan fingerprint density at radius 3 is 2.50 bits per heavy atom. The molecule has 2 N–H and O–H groups in total. The Morgan fingerprint density at radius 2 is 1.94 bits per heavy atom. The lowest BCUT2D eigenvalue weighted by atomic mass is 10.1. The second-order valence-electron chi connectivity index (χ2n) is 3.03. The van der Waals surface area contributed by atoms with Gasteiger partial charge in [0, 0.05) is 18.5 Å². The molecule has 1 nitrogen and oxygen atoms in total. The highest BCUT2D eigenvalue weighted by molar-refractivity contribution is 5.38. The van der Waals surface area contributed by atoms with Crippen molar-refractivity contribution < 1.29 is 17.6 Å². The van der Waals surface area contributed by atoms with Gasteiger partial charge in [-0.1, -0.05) is 11.8 Å². The monoisotopic (exact) mass is 231 g/mol. The van der Waals surface area contributed by atoms with Crippen LogP contribution in [0, 0.1) is 17.7 Å². The number of alkyl halides is 3. The van der Waals surface area contributed by atoms with Crippen LogP contribution in [0.4, 0.5) is 17.6 Å². The van der Waals surface area contributed by atoms with E-state index in [0.29, 0.717) is 19.0 Å². The third-order valence-corrected chi connectivity index (χ3v) is 1.77. The third-order valence-electron chi connectivity index (χ3n) is 1.77. The van der Waals surface area contributed by atoms with Crippen molar-refractivity contribution in [2.24, 2.45) is 5.73 Å². The van der Waals surface area contributed by atoms with Crippen LogP contribution >= 0.6 is 0 Å². The Kier molecular flexibility index (Phi) is 3.91. The van der Waals surface area contributed by atoms with E-state index in [1.165, 1.54) is 6.07 Å². The standard InChI is InChI=1S/C11H9F4N/c12-10-5-4-8(3-1-2-6-16)7-9(10)11(13,14)15/h4-5,7H,2,6,16H2. The van der Waals surface area contributed by atoms with E-state index in [1.54, 1.807) is 0 Å². The lowest BCUT2D eigenvalue weighted by Crippen LogP contribution is -2.08. The van der Waals surface area contributed by atoms with Gasteiger partial charge in [0.15, 0.2) is 0 Å². The molecule has 0 amide bonds. The lowest BCUT2D eigenvalue weighted by molar-refractivity contribution is -0.140. The van der Waals surface area contributed by atoms with Gasteiger partial charge in [-0.2, -0.15) is 13.2 Å². The van der Waals surface area contributed by atoms with E-state index in [1.807, 2.05) is 0 Å². The predicted octanol–water partition coefficient (Wildman–Crippen LogP) is 2.54. The highest BCUT2D eigenvalue weighted by atomic mass is 19.4. The molecule has 0 saturated heterocycles. The minimum absolute atomic E-state index is 0.127. The van der Waals surface area contributed by atoms with Gasteiger partial charge in [0.1, 0.15) is 5.82 Å². The van der Waals surface area contributed by atoms with E-state index in [2.05, 4.69) is 11.8 Å². The van der Waals surface area contributed by atoms with Crippen LogP contribution in [0.5, 0.6) is 0 Å². The highest BCUT2D eigenvalue weighted by Gasteiger charge is 2.34. The van der Waals surface area contributed by atoms with E-state index in [9.17, 15) is 17.6 Å². The van der Waals surface area contributed by atoms with E-state index < -0.39 is 17.6 Å². The summed E-state index contributed by atoms with van der Waals surface area (Å²) in [5.41, 5.74) is 4.00. The zero-order valence-electron chi connectivity index (χ0n) is 8.24. The molecule has 1 aromatic carbocycles. The van der Waals surface area contributed by atoms with Crippen molar-refractivity contribution in [3.63, 3.8) is 0 Å². The summed E-state index contributed by atoms with van der Waals surface area (Å²) in [4.78, 5) is 0. The summed E-state index contributed by atoms with van der Waals surface area (Å²) in [7, 11) is 0. The van der Waals surface area contributed by atoms with Gasteiger partial charge in [0.05, 0.1) is 5.56 Å². The van der Waals surface area contributed by atoms with Gasteiger partial charge in [-0.25, -0.2) is 4.39 Å². The summed E-state index contributed by atoms with van der Waals surface area (Å²) in [6, 6.07) is 2.65. The Balaban J connectivity index is 3.05. The lowest BCUT2D eigenvalue weighted by Gasteiger charge is -2.07. The third kappa shape index (κ3) is 3.24. The van der Waals surface area contributed by atoms with E-state index >= 15 is 0 Å². The van der Waals surface area contributed by atoms with Crippen LogP contribution in [0.1, 0.15) is 17.5 Å². The summed E-state index contributed by atoms with van der Waals surface area (Å²) >= 11 is 0. The molecular weight excluding hydrogens is 222 g/mol. The SMILES string of the molecule is NCCC#Cc1ccc(F)c(C(F)(F)F)c1. The molecule has 0 aliphatic rings. The average molecular weight is 231 g/mol. The van der Waals surface area contributed by atoms with Crippen molar-refractivity contribution in [1.29, 1.82) is 0 Å². The maximum atomic E-state index is 12.9. The first kappa shape index (κ1) is 12.5. The first-order valence-corrected chi connectivity index (χ1v) is 4.51. The maximum absolute atomic E-state index is 12.9. The molecule has 0 saturated carbocycles. The van der Waals surface area contributed by atoms with Crippen LogP contribution in [-0.2, 0) is 6.18 Å². The van der Waals surface area contributed by atoms with Gasteiger partial charge in [0.25, 0.3) is 0 Å². The van der Waals surface area contributed by atoms with Gasteiger partial charge >= 0.3 is 6.18 Å². The molecule has 0 aliphatic heterocycles. The van der Waals surface area contributed by atoms with Crippen LogP contribution in [0.15, 0.2) is 18.2 Å². The van der Waals surface area contributed by atoms with Crippen LogP contribution in [0.3, 0.4) is 0 Å². The largest absolute Gasteiger partial charge is 0.419 e. The molecule has 0 aliphatic carbocycles. The van der Waals surface area contributed by atoms with Crippen molar-refractivity contribution >= 4 is 0 Å². The molecule has 0 unspecified atom stereocenters. The number of hydrogen-bond acceptors (Lipinski definition) is 1. The number of hydrogen-bond donors (Lipinski definition) is 1. The average Bonchev–Trinajstić information content (AvgIpc) is 2.19. The maximum Gasteiger partial charge on any atom is 0.419 e. The molecule has 0 atom stereocenters. The van der Waals surface area contributed by atoms with Crippen molar-refractivity contribution in [2.45, 2.75) is 12.6 Å². The minimum Gasteiger partial charge on any atom is -0.330 e. The fraction of sp³-hybridized carbons (Fsp3) is 0.273. The molecule has 16 heavy (non-hydrogen) atoms. The zero-order chi connectivity index (χ0) is 12.2. The van der Waals surface area contributed by atoms with Crippen molar-refractivity contribution in [3.05, 3.63) is 35.1 Å². The Bertz CT molecular complexity index is 426. The summed E-state index contributed by atoms with van der Waals surface area (Å²) in [6.07, 6.45) is -4.31. The molecule has 0 fully saturated rings. The van der Waals surface area contributed by atoms with Crippen LogP contribution in [0.25, 0.3) is 0 Å². The molecule has 0 bridgehead atoms. The molecule has 1 rings (SSSR count). The van der Waals surface area contributed by atoms with Crippen LogP contribution in [-0.4, -0.2) is 6.54 Å². The van der Waals surface area contributed by atoms with Crippen molar-refractivity contribution in [1.82, 2.24) is 0 Å². The second kappa shape index (κ2) is 4.99. The fourth-order valence-electron chi connectivity index (χ4n) is 1.06. The summed E-state index contributed by atoms with van der Waals surface area (Å²) in [6.45, 7) is 0.334. The molecule has 86 valence electrons. The fourth-order valence-corrected chi connectivity index (χ4v) is 1.06. The quantitative estimate of drug-likeness (QED) is 0.583. The topological polar surface area (TPSA) is 26.0 Å². The summed E-state index contributed by atoms with van der Waals surface area (Å²) in [5, 5.41) is 0. The smallest absolute Gasteiger partial charge is 0.330 e. The molecule has 0 spiro atoms. The van der Waals surface area contributed by atoms with Crippen LogP contribution < -0.4 is 5.73 Å². The number of rotatable bonds is 1. The van der Waals surface area contributed by atoms with Gasteiger partial charge in [-0.3, -0.25) is 0 Å². The molecule has 0 heterocycles. The Hall–Kier alpha value is -1.54. The zero-order valence-corrected chi connectivity index (χ0v) is 8.24. The summed E-state index contributed by atoms with van der Waals surface area (Å²) in [5.74, 6) is 3.78. The van der Waals surface area contributed by atoms with E-state index in [-0.39, 0.29) is 5.56 Å². The minimum atomic E-state index is -4.70. The predicted molar refractivity (Wildman–Crippen MR) is 52.0 cm³/mol. The number of halogens is 4. The van der Waals surface area contributed by atoms with Gasteiger partial charge in [0.2, 0.25) is 0 Å². The van der Waals surface area contributed by atoms with Crippen molar-refractivity contribution in [2.75, 3.05) is 6.54 Å². The second-order valence-corrected chi connectivity index (χ2v) is 3.03. The molecule has 1 aromatic rings. The Labute approximate surface area is 90.3 Å². The normalized spacial score (nSPS) is 10.8. The first-order chi connectivity index (χ1) is 7.45.